The minimum atomic E-state index is -0.192. The van der Waals surface area contributed by atoms with Crippen molar-refractivity contribution >= 4 is 0 Å². The number of aliphatic hydroxyl groups excluding tert-OH is 1. The van der Waals surface area contributed by atoms with Crippen LogP contribution in [0, 0.1) is 118 Å². The number of hydrogen-bond donors (Lipinski definition) is 1. The second-order valence-corrected chi connectivity index (χ2v) is 35.8. The second kappa shape index (κ2) is 48.5. The van der Waals surface area contributed by atoms with Gasteiger partial charge in [-0.05, 0) is 202 Å². The largest absolute Gasteiger partial charge is 0.394 e. The van der Waals surface area contributed by atoms with Crippen LogP contribution >= 0.6 is 0 Å². The predicted octanol–water partition coefficient (Wildman–Crippen LogP) is 25.6. The molecule has 538 valence electrons. The number of aliphatic hydroxyl groups is 1. The molecule has 22 unspecified atom stereocenters. The molecule has 22 atom stereocenters. The Bertz CT molecular complexity index is 1700. The number of ether oxygens (including phenoxy) is 4. The van der Waals surface area contributed by atoms with Crippen molar-refractivity contribution < 1.29 is 24.1 Å². The predicted molar refractivity (Wildman–Crippen MR) is 395 cm³/mol. The fraction of sp³-hybridized carbons (Fsp3) is 1.00. The summed E-state index contributed by atoms with van der Waals surface area (Å²) in [7, 11) is 0. The zero-order chi connectivity index (χ0) is 65.6. The van der Waals surface area contributed by atoms with E-state index in [4.69, 9.17) is 18.9 Å². The van der Waals surface area contributed by atoms with E-state index in [1.54, 1.807) is 0 Å². The van der Waals surface area contributed by atoms with Crippen molar-refractivity contribution in [3.63, 3.8) is 0 Å². The number of hydrogen-bond acceptors (Lipinski definition) is 5. The molecule has 0 aromatic carbocycles. The van der Waals surface area contributed by atoms with Crippen LogP contribution in [0.1, 0.15) is 373 Å². The van der Waals surface area contributed by atoms with Gasteiger partial charge in [-0.25, -0.2) is 0 Å². The van der Waals surface area contributed by atoms with Gasteiger partial charge in [0.1, 0.15) is 6.10 Å². The smallest absolute Gasteiger partial charge is 0.104 e. The Kier molecular flexibility index (Phi) is 43.4. The minimum Gasteiger partial charge on any atom is -0.394 e. The van der Waals surface area contributed by atoms with Crippen molar-refractivity contribution in [3.8, 4) is 0 Å². The number of rotatable bonds is 1. The van der Waals surface area contributed by atoms with Crippen LogP contribution in [-0.2, 0) is 18.9 Å². The van der Waals surface area contributed by atoms with E-state index in [1.807, 2.05) is 0 Å². The summed E-state index contributed by atoms with van der Waals surface area (Å²) < 4.78 is 24.8. The summed E-state index contributed by atoms with van der Waals surface area (Å²) in [4.78, 5) is 0. The van der Waals surface area contributed by atoms with E-state index >= 15 is 0 Å². The van der Waals surface area contributed by atoms with Gasteiger partial charge in [-0.2, -0.15) is 0 Å². The summed E-state index contributed by atoms with van der Waals surface area (Å²) in [6.45, 7) is 37.2. The highest BCUT2D eigenvalue weighted by atomic mass is 16.5. The normalized spacial score (nSPS) is 40.9. The van der Waals surface area contributed by atoms with Crippen LogP contribution in [0.5, 0.6) is 0 Å². The van der Waals surface area contributed by atoms with Crippen molar-refractivity contribution in [2.75, 3.05) is 46.2 Å². The van der Waals surface area contributed by atoms with E-state index in [0.717, 1.165) is 152 Å². The van der Waals surface area contributed by atoms with Crippen LogP contribution < -0.4 is 0 Å². The molecule has 8 bridgehead atoms. The van der Waals surface area contributed by atoms with Crippen molar-refractivity contribution in [2.45, 2.75) is 385 Å². The molecule has 0 aromatic heterocycles. The van der Waals surface area contributed by atoms with Crippen molar-refractivity contribution in [2.24, 2.45) is 118 Å². The monoisotopic (exact) mass is 1280 g/mol. The van der Waals surface area contributed by atoms with Gasteiger partial charge >= 0.3 is 0 Å². The Labute approximate surface area is 570 Å². The van der Waals surface area contributed by atoms with Crippen LogP contribution in [0.15, 0.2) is 0 Å². The minimum absolute atomic E-state index is 0.0542. The third kappa shape index (κ3) is 36.5. The summed E-state index contributed by atoms with van der Waals surface area (Å²) >= 11 is 0. The van der Waals surface area contributed by atoms with Crippen LogP contribution in [0.3, 0.4) is 0 Å². The van der Waals surface area contributed by atoms with E-state index in [1.165, 1.54) is 270 Å². The topological polar surface area (TPSA) is 57.2 Å². The molecule has 1 N–H and O–H groups in total. The van der Waals surface area contributed by atoms with Crippen LogP contribution in [-0.4, -0.2) is 63.6 Å². The molecule has 1 saturated heterocycles. The van der Waals surface area contributed by atoms with Gasteiger partial charge in [0.25, 0.3) is 0 Å². The Morgan fingerprint density at radius 2 is 0.495 bits per heavy atom. The Morgan fingerprint density at radius 1 is 0.242 bits per heavy atom. The first-order valence-electron chi connectivity index (χ1n) is 41.9. The maximum Gasteiger partial charge on any atom is 0.104 e. The van der Waals surface area contributed by atoms with Crippen molar-refractivity contribution in [1.82, 2.24) is 0 Å². The summed E-state index contributed by atoms with van der Waals surface area (Å²) in [6, 6.07) is 0. The summed E-state index contributed by atoms with van der Waals surface area (Å²) in [6.07, 6.45) is 62.0. The van der Waals surface area contributed by atoms with Gasteiger partial charge < -0.3 is 24.1 Å². The molecule has 1 aliphatic heterocycles. The maximum absolute atomic E-state index is 10.1. The van der Waals surface area contributed by atoms with Gasteiger partial charge in [-0.3, -0.25) is 0 Å². The quantitative estimate of drug-likeness (QED) is 0.284. The Morgan fingerprint density at radius 3 is 0.791 bits per heavy atom. The van der Waals surface area contributed by atoms with E-state index in [0.29, 0.717) is 18.4 Å². The lowest BCUT2D eigenvalue weighted by Gasteiger charge is -2.22. The maximum atomic E-state index is 10.1. The summed E-state index contributed by atoms with van der Waals surface area (Å²) in [5.74, 6) is 17.8. The second-order valence-electron chi connectivity index (χ2n) is 35.8. The van der Waals surface area contributed by atoms with E-state index < -0.39 is 0 Å². The van der Waals surface area contributed by atoms with Gasteiger partial charge in [0.2, 0.25) is 0 Å². The molecule has 5 heteroatoms. The molecule has 0 spiro atoms. The Balaban J connectivity index is 0.953. The first-order chi connectivity index (χ1) is 43.9. The highest BCUT2D eigenvalue weighted by Crippen LogP contribution is 2.44. The standard InChI is InChI=1S/C86H164O5/c1-65-22-14-30-73(9)82-46-42-78(58-82)34-18-26-69(5)50-54-88-63-77(13)90-56-52-71(7)28-20-36-80-44-48-84(60-80)75(11)32-16-24-67(3)40-41-68(4)25-17-33-76(12)85-49-45-81(61-85)37-21-29-72(8)53-57-91-86(62-87)64-89-55-51-70(6)27-19-35-79-43-47-83(59-79)74(10)31-15-23-66(2)39-38-65/h65-87H,14-64H2,1-13H3. The fourth-order valence-electron chi connectivity index (χ4n) is 19.1. The first kappa shape index (κ1) is 81.5. The molecule has 91 heavy (non-hydrogen) atoms. The lowest BCUT2D eigenvalue weighted by atomic mass is 9.84. The molecule has 0 aromatic rings. The molecule has 0 radical (unpaired) electrons. The molecule has 4 saturated carbocycles. The highest BCUT2D eigenvalue weighted by Gasteiger charge is 2.32. The van der Waals surface area contributed by atoms with E-state index in [9.17, 15) is 5.11 Å². The van der Waals surface area contributed by atoms with Gasteiger partial charge in [0.05, 0.1) is 25.9 Å². The molecular weight excluding hydrogens is 1110 g/mol. The summed E-state index contributed by atoms with van der Waals surface area (Å²) in [5, 5.41) is 10.1. The summed E-state index contributed by atoms with van der Waals surface area (Å²) in [5.41, 5.74) is 0. The molecular formula is C86H164O5. The van der Waals surface area contributed by atoms with Crippen molar-refractivity contribution in [1.29, 1.82) is 0 Å². The van der Waals surface area contributed by atoms with Gasteiger partial charge in [-0.15, -0.1) is 0 Å². The molecule has 4 aliphatic carbocycles. The zero-order valence-corrected chi connectivity index (χ0v) is 63.8. The highest BCUT2D eigenvalue weighted by molar-refractivity contribution is 4.84. The molecule has 5 aliphatic rings. The van der Waals surface area contributed by atoms with Gasteiger partial charge in [0, 0.05) is 26.4 Å². The Hall–Kier alpha value is -0.200. The molecule has 5 rings (SSSR count). The van der Waals surface area contributed by atoms with Crippen LogP contribution in [0.25, 0.3) is 0 Å². The van der Waals surface area contributed by atoms with E-state index in [2.05, 4.69) is 90.0 Å². The van der Waals surface area contributed by atoms with Crippen molar-refractivity contribution in [3.05, 3.63) is 0 Å². The fourth-order valence-corrected chi connectivity index (χ4v) is 19.1. The number of fused-ring (bicyclic) bond motifs is 8. The third-order valence-corrected chi connectivity index (χ3v) is 26.9. The lowest BCUT2D eigenvalue weighted by molar-refractivity contribution is -0.0471. The lowest BCUT2D eigenvalue weighted by Crippen LogP contribution is -2.25. The zero-order valence-electron chi connectivity index (χ0n) is 63.8. The molecule has 1 heterocycles. The van der Waals surface area contributed by atoms with E-state index in [-0.39, 0.29) is 18.8 Å². The van der Waals surface area contributed by atoms with Gasteiger partial charge in [0.15, 0.2) is 0 Å². The molecule has 0 amide bonds. The molecule has 5 nitrogen and oxygen atoms in total. The van der Waals surface area contributed by atoms with Crippen LogP contribution in [0.2, 0.25) is 0 Å². The molecule has 5 fully saturated rings. The average molecular weight is 1280 g/mol. The van der Waals surface area contributed by atoms with Crippen LogP contribution in [0.4, 0.5) is 0 Å². The average Bonchev–Trinajstić information content (AvgIpc) is 3.55. The first-order valence-corrected chi connectivity index (χ1v) is 41.9. The SMILES string of the molecule is CC1CCCC2CCC(C2)C(C)CCCC(C)CCC(C)CCCC(C)C2CCC(CCCC(C)CCOCC(CO)OCCC(C)CCCC3CCC(C3)C(C)CCCC(C)CCC(C)CCCC(C)C3CCC(CCCC(C)CCOC(C)COCC1)C3)C2. The van der Waals surface area contributed by atoms with Gasteiger partial charge in [-0.1, -0.05) is 289 Å². The third-order valence-electron chi connectivity index (χ3n) is 26.9.